The molecule has 0 atom stereocenters. The van der Waals surface area contributed by atoms with E-state index in [0.29, 0.717) is 16.9 Å². The van der Waals surface area contributed by atoms with Crippen LogP contribution in [0.1, 0.15) is 12.8 Å². The van der Waals surface area contributed by atoms with Crippen molar-refractivity contribution in [2.75, 3.05) is 18.5 Å². The van der Waals surface area contributed by atoms with Crippen LogP contribution in [0.2, 0.25) is 10.3 Å². The van der Waals surface area contributed by atoms with Crippen molar-refractivity contribution in [3.05, 3.63) is 16.5 Å². The van der Waals surface area contributed by atoms with Crippen molar-refractivity contribution in [3.63, 3.8) is 0 Å². The number of nitrogens with one attached hydrogen (secondary N) is 1. The van der Waals surface area contributed by atoms with E-state index in [9.17, 15) is 0 Å². The molecule has 0 aliphatic carbocycles. The average Bonchev–Trinajstić information content (AvgIpc) is 2.25. The SMILES string of the molecule is Clc1ncc(Cl)c(NC2CCOCC2)n1. The average molecular weight is 248 g/mol. The van der Waals surface area contributed by atoms with Gasteiger partial charge >= 0.3 is 0 Å². The van der Waals surface area contributed by atoms with Crippen molar-refractivity contribution in [2.24, 2.45) is 0 Å². The van der Waals surface area contributed by atoms with E-state index in [0.717, 1.165) is 26.1 Å². The van der Waals surface area contributed by atoms with Crippen molar-refractivity contribution in [2.45, 2.75) is 18.9 Å². The summed E-state index contributed by atoms with van der Waals surface area (Å²) in [5, 5.41) is 3.94. The highest BCUT2D eigenvalue weighted by molar-refractivity contribution is 6.33. The quantitative estimate of drug-likeness (QED) is 0.816. The molecule has 0 aromatic carbocycles. The fourth-order valence-electron chi connectivity index (χ4n) is 1.48. The topological polar surface area (TPSA) is 47.0 Å². The highest BCUT2D eigenvalue weighted by atomic mass is 35.5. The van der Waals surface area contributed by atoms with Crippen molar-refractivity contribution >= 4 is 29.0 Å². The van der Waals surface area contributed by atoms with Gasteiger partial charge in [0, 0.05) is 19.3 Å². The molecule has 0 amide bonds. The summed E-state index contributed by atoms with van der Waals surface area (Å²) in [6.45, 7) is 1.54. The summed E-state index contributed by atoms with van der Waals surface area (Å²) in [5.74, 6) is 0.601. The smallest absolute Gasteiger partial charge is 0.224 e. The Labute approximate surface area is 98.0 Å². The minimum atomic E-state index is 0.203. The first-order chi connectivity index (χ1) is 7.25. The lowest BCUT2D eigenvalue weighted by atomic mass is 10.1. The fourth-order valence-corrected chi connectivity index (χ4v) is 1.76. The highest BCUT2D eigenvalue weighted by Gasteiger charge is 2.15. The Kier molecular flexibility index (Phi) is 3.61. The molecule has 1 aliphatic heterocycles. The predicted molar refractivity (Wildman–Crippen MR) is 59.5 cm³/mol. The molecule has 0 bridgehead atoms. The Hall–Kier alpha value is -0.580. The number of hydrogen-bond donors (Lipinski definition) is 1. The molecule has 4 nitrogen and oxygen atoms in total. The number of ether oxygens (including phenoxy) is 1. The van der Waals surface area contributed by atoms with Crippen LogP contribution in [-0.2, 0) is 4.74 Å². The summed E-state index contributed by atoms with van der Waals surface area (Å²) < 4.78 is 5.26. The van der Waals surface area contributed by atoms with E-state index in [-0.39, 0.29) is 5.28 Å². The normalized spacial score (nSPS) is 17.7. The van der Waals surface area contributed by atoms with Gasteiger partial charge in [0.25, 0.3) is 0 Å². The molecular weight excluding hydrogens is 237 g/mol. The molecule has 1 N–H and O–H groups in total. The van der Waals surface area contributed by atoms with Gasteiger partial charge in [-0.3, -0.25) is 0 Å². The molecule has 2 rings (SSSR count). The predicted octanol–water partition coefficient (Wildman–Crippen LogP) is 2.37. The largest absolute Gasteiger partial charge is 0.381 e. The van der Waals surface area contributed by atoms with Crippen molar-refractivity contribution in [1.82, 2.24) is 9.97 Å². The second-order valence-corrected chi connectivity index (χ2v) is 4.11. The molecule has 6 heteroatoms. The molecule has 2 heterocycles. The van der Waals surface area contributed by atoms with Crippen LogP contribution in [-0.4, -0.2) is 29.2 Å². The van der Waals surface area contributed by atoms with E-state index in [2.05, 4.69) is 15.3 Å². The Balaban J connectivity index is 2.05. The van der Waals surface area contributed by atoms with Gasteiger partial charge in [-0.05, 0) is 24.4 Å². The summed E-state index contributed by atoms with van der Waals surface area (Å²) >= 11 is 11.6. The molecule has 1 aromatic rings. The minimum Gasteiger partial charge on any atom is -0.381 e. The van der Waals surface area contributed by atoms with E-state index < -0.39 is 0 Å². The highest BCUT2D eigenvalue weighted by Crippen LogP contribution is 2.22. The second-order valence-electron chi connectivity index (χ2n) is 3.37. The summed E-state index contributed by atoms with van der Waals surface area (Å²) in [7, 11) is 0. The lowest BCUT2D eigenvalue weighted by Crippen LogP contribution is -2.28. The van der Waals surface area contributed by atoms with Crippen LogP contribution < -0.4 is 5.32 Å². The van der Waals surface area contributed by atoms with Gasteiger partial charge in [0.05, 0.1) is 6.20 Å². The van der Waals surface area contributed by atoms with E-state index in [1.54, 1.807) is 0 Å². The molecule has 0 unspecified atom stereocenters. The Morgan fingerprint density at radius 3 is 2.80 bits per heavy atom. The van der Waals surface area contributed by atoms with Crippen LogP contribution in [0.15, 0.2) is 6.20 Å². The van der Waals surface area contributed by atoms with Crippen LogP contribution in [0.5, 0.6) is 0 Å². The summed E-state index contributed by atoms with van der Waals surface area (Å²) in [6, 6.07) is 0.349. The van der Waals surface area contributed by atoms with Crippen molar-refractivity contribution in [1.29, 1.82) is 0 Å². The van der Waals surface area contributed by atoms with E-state index in [1.807, 2.05) is 0 Å². The van der Waals surface area contributed by atoms with Gasteiger partial charge in [-0.1, -0.05) is 11.6 Å². The Morgan fingerprint density at radius 1 is 1.33 bits per heavy atom. The molecule has 1 saturated heterocycles. The third-order valence-electron chi connectivity index (χ3n) is 2.28. The molecule has 15 heavy (non-hydrogen) atoms. The molecular formula is C9H11Cl2N3O. The Morgan fingerprint density at radius 2 is 2.07 bits per heavy atom. The van der Waals surface area contributed by atoms with E-state index in [1.165, 1.54) is 6.20 Å². The molecule has 0 radical (unpaired) electrons. The maximum atomic E-state index is 5.94. The summed E-state index contributed by atoms with van der Waals surface area (Å²) in [4.78, 5) is 7.83. The monoisotopic (exact) mass is 247 g/mol. The molecule has 0 saturated carbocycles. The first-order valence-corrected chi connectivity index (χ1v) is 5.53. The van der Waals surface area contributed by atoms with Crippen LogP contribution >= 0.6 is 23.2 Å². The summed E-state index contributed by atoms with van der Waals surface area (Å²) in [5.41, 5.74) is 0. The molecule has 0 spiro atoms. The molecule has 1 aromatic heterocycles. The number of hydrogen-bond acceptors (Lipinski definition) is 4. The van der Waals surface area contributed by atoms with Crippen molar-refractivity contribution in [3.8, 4) is 0 Å². The van der Waals surface area contributed by atoms with Gasteiger partial charge in [-0.15, -0.1) is 0 Å². The van der Waals surface area contributed by atoms with Gasteiger partial charge in [-0.2, -0.15) is 4.98 Å². The van der Waals surface area contributed by atoms with E-state index in [4.69, 9.17) is 27.9 Å². The summed E-state index contributed by atoms with van der Waals surface area (Å²) in [6.07, 6.45) is 3.41. The standard InChI is InChI=1S/C9H11Cl2N3O/c10-7-5-12-9(11)14-8(7)13-6-1-3-15-4-2-6/h5-6H,1-4H2,(H,12,13,14). The van der Waals surface area contributed by atoms with Gasteiger partial charge in [0.1, 0.15) is 10.8 Å². The van der Waals surface area contributed by atoms with Crippen LogP contribution in [0, 0.1) is 0 Å². The lowest BCUT2D eigenvalue weighted by Gasteiger charge is -2.23. The molecule has 1 aliphatic rings. The minimum absolute atomic E-state index is 0.203. The Bertz CT molecular complexity index is 342. The van der Waals surface area contributed by atoms with Crippen molar-refractivity contribution < 1.29 is 4.74 Å². The number of aromatic nitrogens is 2. The van der Waals surface area contributed by atoms with E-state index >= 15 is 0 Å². The number of anilines is 1. The third kappa shape index (κ3) is 2.93. The first-order valence-electron chi connectivity index (χ1n) is 4.78. The number of rotatable bonds is 2. The first kappa shape index (κ1) is 10.9. The molecule has 1 fully saturated rings. The van der Waals surface area contributed by atoms with Gasteiger partial charge in [0.2, 0.25) is 5.28 Å². The van der Waals surface area contributed by atoms with Gasteiger partial charge in [0.15, 0.2) is 0 Å². The lowest BCUT2D eigenvalue weighted by molar-refractivity contribution is 0.0904. The maximum Gasteiger partial charge on any atom is 0.224 e. The zero-order chi connectivity index (χ0) is 10.7. The fraction of sp³-hybridized carbons (Fsp3) is 0.556. The second kappa shape index (κ2) is 4.96. The number of nitrogens with zero attached hydrogens (tertiary/aromatic N) is 2. The van der Waals surface area contributed by atoms with Crippen LogP contribution in [0.3, 0.4) is 0 Å². The zero-order valence-corrected chi connectivity index (χ0v) is 9.55. The van der Waals surface area contributed by atoms with Gasteiger partial charge < -0.3 is 10.1 Å². The number of halogens is 2. The van der Waals surface area contributed by atoms with Crippen LogP contribution in [0.25, 0.3) is 0 Å². The van der Waals surface area contributed by atoms with Crippen LogP contribution in [0.4, 0.5) is 5.82 Å². The molecule has 82 valence electrons. The zero-order valence-electron chi connectivity index (χ0n) is 8.04. The van der Waals surface area contributed by atoms with Gasteiger partial charge in [-0.25, -0.2) is 4.98 Å². The third-order valence-corrected chi connectivity index (χ3v) is 2.74. The maximum absolute atomic E-state index is 5.94.